The lowest BCUT2D eigenvalue weighted by molar-refractivity contribution is -0.145. The SMILES string of the molecule is CC(C)CC(=O)OCC(C)(C)SCCCC(C)CC(F)(F)F. The first-order valence-corrected chi connectivity index (χ1v) is 8.76. The second-order valence-electron chi connectivity index (χ2n) is 6.93. The Hall–Kier alpha value is -0.390. The molecule has 1 atom stereocenters. The zero-order valence-corrected chi connectivity index (χ0v) is 15.1. The Balaban J connectivity index is 3.86. The minimum Gasteiger partial charge on any atom is -0.464 e. The van der Waals surface area contributed by atoms with Crippen LogP contribution in [0.3, 0.4) is 0 Å². The van der Waals surface area contributed by atoms with Gasteiger partial charge in [0.1, 0.15) is 6.61 Å². The molecule has 0 aliphatic heterocycles. The molecule has 6 heteroatoms. The largest absolute Gasteiger partial charge is 0.464 e. The molecule has 0 saturated carbocycles. The summed E-state index contributed by atoms with van der Waals surface area (Å²) in [6, 6.07) is 0. The van der Waals surface area contributed by atoms with Crippen molar-refractivity contribution in [1.82, 2.24) is 0 Å². The molecule has 0 rings (SSSR count). The molecule has 0 radical (unpaired) electrons. The van der Waals surface area contributed by atoms with E-state index in [1.807, 2.05) is 27.7 Å². The van der Waals surface area contributed by atoms with Gasteiger partial charge in [-0.15, -0.1) is 0 Å². The molecule has 22 heavy (non-hydrogen) atoms. The van der Waals surface area contributed by atoms with E-state index in [0.717, 1.165) is 12.2 Å². The molecular weight excluding hydrogens is 313 g/mol. The van der Waals surface area contributed by atoms with Crippen LogP contribution >= 0.6 is 11.8 Å². The second-order valence-corrected chi connectivity index (χ2v) is 8.74. The lowest BCUT2D eigenvalue weighted by Crippen LogP contribution is -2.26. The summed E-state index contributed by atoms with van der Waals surface area (Å²) in [5.41, 5.74) is 0. The van der Waals surface area contributed by atoms with Crippen molar-refractivity contribution < 1.29 is 22.7 Å². The number of hydrogen-bond acceptors (Lipinski definition) is 3. The normalized spacial score (nSPS) is 14.2. The monoisotopic (exact) mass is 342 g/mol. The molecule has 0 heterocycles. The van der Waals surface area contributed by atoms with E-state index >= 15 is 0 Å². The summed E-state index contributed by atoms with van der Waals surface area (Å²) in [6.45, 7) is 9.86. The van der Waals surface area contributed by atoms with E-state index in [-0.39, 0.29) is 22.6 Å². The van der Waals surface area contributed by atoms with Gasteiger partial charge in [-0.05, 0) is 44.3 Å². The number of esters is 1. The lowest BCUT2D eigenvalue weighted by Gasteiger charge is -2.24. The summed E-state index contributed by atoms with van der Waals surface area (Å²) >= 11 is 1.64. The molecule has 0 saturated heterocycles. The third-order valence-corrected chi connectivity index (χ3v) is 4.46. The highest BCUT2D eigenvalue weighted by Gasteiger charge is 2.29. The highest BCUT2D eigenvalue weighted by atomic mass is 32.2. The molecule has 0 aliphatic rings. The minimum atomic E-state index is -4.07. The van der Waals surface area contributed by atoms with Crippen LogP contribution in [0, 0.1) is 11.8 Å². The van der Waals surface area contributed by atoms with Gasteiger partial charge in [0.05, 0.1) is 0 Å². The Morgan fingerprint density at radius 2 is 1.77 bits per heavy atom. The van der Waals surface area contributed by atoms with Gasteiger partial charge < -0.3 is 4.74 Å². The van der Waals surface area contributed by atoms with Crippen molar-refractivity contribution in [2.45, 2.75) is 71.2 Å². The third-order valence-electron chi connectivity index (χ3n) is 3.07. The molecule has 0 aromatic carbocycles. The van der Waals surface area contributed by atoms with Crippen LogP contribution in [-0.2, 0) is 9.53 Å². The number of carbonyl (C=O) groups excluding carboxylic acids is 1. The van der Waals surface area contributed by atoms with E-state index in [1.54, 1.807) is 18.7 Å². The molecule has 132 valence electrons. The first-order valence-electron chi connectivity index (χ1n) is 7.77. The number of alkyl halides is 3. The van der Waals surface area contributed by atoms with Crippen LogP contribution in [0.25, 0.3) is 0 Å². The van der Waals surface area contributed by atoms with Crippen LogP contribution in [-0.4, -0.2) is 29.3 Å². The third kappa shape index (κ3) is 13.3. The average molecular weight is 342 g/mol. The molecule has 0 aromatic rings. The minimum absolute atomic E-state index is 0.192. The van der Waals surface area contributed by atoms with E-state index in [0.29, 0.717) is 19.4 Å². The smallest absolute Gasteiger partial charge is 0.389 e. The number of hydrogen-bond donors (Lipinski definition) is 0. The van der Waals surface area contributed by atoms with Gasteiger partial charge in [0.25, 0.3) is 0 Å². The van der Waals surface area contributed by atoms with Gasteiger partial charge in [0.2, 0.25) is 0 Å². The van der Waals surface area contributed by atoms with E-state index < -0.39 is 12.6 Å². The number of halogens is 3. The summed E-state index contributed by atoms with van der Waals surface area (Å²) in [6.07, 6.45) is -3.07. The second kappa shape index (κ2) is 9.68. The van der Waals surface area contributed by atoms with Crippen LogP contribution in [0.4, 0.5) is 13.2 Å². The number of carbonyl (C=O) groups is 1. The first kappa shape index (κ1) is 21.6. The fraction of sp³-hybridized carbons (Fsp3) is 0.938. The van der Waals surface area contributed by atoms with Crippen LogP contribution < -0.4 is 0 Å². The predicted octanol–water partition coefficient (Wildman–Crippen LogP) is 5.46. The Bertz CT molecular complexity index is 328. The van der Waals surface area contributed by atoms with E-state index in [4.69, 9.17) is 4.74 Å². The maximum absolute atomic E-state index is 12.2. The molecule has 0 amide bonds. The molecule has 0 aliphatic carbocycles. The molecular formula is C16H29F3O2S. The standard InChI is InChI=1S/C16H29F3O2S/c1-12(2)9-14(20)21-11-15(4,5)22-8-6-7-13(3)10-16(17,18)19/h12-13H,6-11H2,1-5H3. The molecule has 0 bridgehead atoms. The van der Waals surface area contributed by atoms with E-state index in [2.05, 4.69) is 0 Å². The summed E-state index contributed by atoms with van der Waals surface area (Å²) in [4.78, 5) is 11.5. The molecule has 2 nitrogen and oxygen atoms in total. The van der Waals surface area contributed by atoms with Crippen molar-refractivity contribution in [2.24, 2.45) is 11.8 Å². The van der Waals surface area contributed by atoms with Gasteiger partial charge in [-0.1, -0.05) is 20.8 Å². The van der Waals surface area contributed by atoms with Gasteiger partial charge in [-0.3, -0.25) is 4.79 Å². The van der Waals surface area contributed by atoms with E-state index in [9.17, 15) is 18.0 Å². The van der Waals surface area contributed by atoms with Gasteiger partial charge in [0, 0.05) is 17.6 Å². The Labute approximate surface area is 136 Å². The maximum Gasteiger partial charge on any atom is 0.389 e. The molecule has 0 N–H and O–H groups in total. The van der Waals surface area contributed by atoms with Crippen LogP contribution in [0.15, 0.2) is 0 Å². The molecule has 0 fully saturated rings. The first-order chi connectivity index (χ1) is 9.91. The lowest BCUT2D eigenvalue weighted by atomic mass is 10.0. The Morgan fingerprint density at radius 1 is 1.18 bits per heavy atom. The van der Waals surface area contributed by atoms with Crippen molar-refractivity contribution >= 4 is 17.7 Å². The summed E-state index contributed by atoms with van der Waals surface area (Å²) < 4.78 is 41.7. The van der Waals surface area contributed by atoms with Crippen LogP contribution in [0.5, 0.6) is 0 Å². The van der Waals surface area contributed by atoms with Crippen LogP contribution in [0.1, 0.15) is 60.3 Å². The maximum atomic E-state index is 12.2. The van der Waals surface area contributed by atoms with Crippen molar-refractivity contribution in [3.63, 3.8) is 0 Å². The Morgan fingerprint density at radius 3 is 2.27 bits per heavy atom. The fourth-order valence-electron chi connectivity index (χ4n) is 1.97. The predicted molar refractivity (Wildman–Crippen MR) is 86.0 cm³/mol. The average Bonchev–Trinajstić information content (AvgIpc) is 2.29. The van der Waals surface area contributed by atoms with Gasteiger partial charge in [-0.25, -0.2) is 0 Å². The topological polar surface area (TPSA) is 26.3 Å². The van der Waals surface area contributed by atoms with Crippen molar-refractivity contribution in [3.05, 3.63) is 0 Å². The summed E-state index contributed by atoms with van der Waals surface area (Å²) in [7, 11) is 0. The fourth-order valence-corrected chi connectivity index (χ4v) is 2.97. The quantitative estimate of drug-likeness (QED) is 0.390. The molecule has 0 spiro atoms. The highest BCUT2D eigenvalue weighted by Crippen LogP contribution is 2.29. The van der Waals surface area contributed by atoms with Gasteiger partial charge in [0.15, 0.2) is 0 Å². The van der Waals surface area contributed by atoms with Crippen molar-refractivity contribution in [1.29, 1.82) is 0 Å². The number of rotatable bonds is 10. The highest BCUT2D eigenvalue weighted by molar-refractivity contribution is 8.00. The van der Waals surface area contributed by atoms with Gasteiger partial charge >= 0.3 is 12.1 Å². The molecule has 0 aromatic heterocycles. The zero-order valence-electron chi connectivity index (χ0n) is 14.3. The van der Waals surface area contributed by atoms with E-state index in [1.165, 1.54) is 0 Å². The summed E-state index contributed by atoms with van der Waals surface area (Å²) in [5.74, 6) is 0.519. The van der Waals surface area contributed by atoms with Gasteiger partial charge in [-0.2, -0.15) is 24.9 Å². The zero-order chi connectivity index (χ0) is 17.4. The van der Waals surface area contributed by atoms with Crippen molar-refractivity contribution in [2.75, 3.05) is 12.4 Å². The van der Waals surface area contributed by atoms with Crippen LogP contribution in [0.2, 0.25) is 0 Å². The number of thioether (sulfide) groups is 1. The number of ether oxygens (including phenoxy) is 1. The Kier molecular flexibility index (Phi) is 9.51. The summed E-state index contributed by atoms with van der Waals surface area (Å²) in [5, 5.41) is 0. The van der Waals surface area contributed by atoms with Crippen molar-refractivity contribution in [3.8, 4) is 0 Å². The molecule has 1 unspecified atom stereocenters.